The molecule has 0 bridgehead atoms. The van der Waals surface area contributed by atoms with Gasteiger partial charge in [0.15, 0.2) is 6.61 Å². The van der Waals surface area contributed by atoms with Gasteiger partial charge in [-0.1, -0.05) is 6.92 Å². The lowest BCUT2D eigenvalue weighted by molar-refractivity contribution is -0.384. The Morgan fingerprint density at radius 3 is 2.72 bits per heavy atom. The number of non-ortho nitro benzene ring substituents is 1. The SMILES string of the molecule is C[C@H]1CCCN(C(=O)COC(=O)c2cc([N+](=O)[O-])ccc2N(C)C)C1. The molecule has 1 aromatic rings. The van der Waals surface area contributed by atoms with Gasteiger partial charge >= 0.3 is 5.97 Å². The first-order valence-corrected chi connectivity index (χ1v) is 8.20. The van der Waals surface area contributed by atoms with Crippen molar-refractivity contribution in [3.05, 3.63) is 33.9 Å². The van der Waals surface area contributed by atoms with Crippen LogP contribution in [0.4, 0.5) is 11.4 Å². The van der Waals surface area contributed by atoms with E-state index in [-0.39, 0.29) is 23.8 Å². The largest absolute Gasteiger partial charge is 0.452 e. The Labute approximate surface area is 146 Å². The van der Waals surface area contributed by atoms with Crippen LogP contribution in [0.25, 0.3) is 0 Å². The molecule has 0 aromatic heterocycles. The van der Waals surface area contributed by atoms with Gasteiger partial charge in [0, 0.05) is 39.3 Å². The van der Waals surface area contributed by atoms with Gasteiger partial charge in [-0.2, -0.15) is 0 Å². The Hall–Kier alpha value is -2.64. The van der Waals surface area contributed by atoms with Crippen molar-refractivity contribution in [2.75, 3.05) is 38.7 Å². The van der Waals surface area contributed by atoms with Crippen LogP contribution in [0, 0.1) is 16.0 Å². The van der Waals surface area contributed by atoms with Crippen molar-refractivity contribution in [1.29, 1.82) is 0 Å². The molecule has 0 N–H and O–H groups in total. The monoisotopic (exact) mass is 349 g/mol. The van der Waals surface area contributed by atoms with E-state index in [4.69, 9.17) is 4.74 Å². The summed E-state index contributed by atoms with van der Waals surface area (Å²) in [5, 5.41) is 10.9. The maximum absolute atomic E-state index is 12.4. The van der Waals surface area contributed by atoms with Gasteiger partial charge in [-0.15, -0.1) is 0 Å². The van der Waals surface area contributed by atoms with Crippen molar-refractivity contribution in [3.8, 4) is 0 Å². The molecule has 1 amide bonds. The van der Waals surface area contributed by atoms with Crippen LogP contribution < -0.4 is 4.90 Å². The summed E-state index contributed by atoms with van der Waals surface area (Å²) in [7, 11) is 3.44. The number of likely N-dealkylation sites (tertiary alicyclic amines) is 1. The van der Waals surface area contributed by atoms with Crippen molar-refractivity contribution < 1.29 is 19.2 Å². The second kappa shape index (κ2) is 7.96. The van der Waals surface area contributed by atoms with Crippen LogP contribution in [0.15, 0.2) is 18.2 Å². The predicted molar refractivity (Wildman–Crippen MR) is 92.7 cm³/mol. The van der Waals surface area contributed by atoms with Crippen LogP contribution in [-0.2, 0) is 9.53 Å². The molecule has 1 saturated heterocycles. The molecule has 25 heavy (non-hydrogen) atoms. The Kier molecular flexibility index (Phi) is 5.95. The lowest BCUT2D eigenvalue weighted by Crippen LogP contribution is -2.41. The molecule has 0 aliphatic carbocycles. The summed E-state index contributed by atoms with van der Waals surface area (Å²) in [4.78, 5) is 38.3. The number of piperidine rings is 1. The van der Waals surface area contributed by atoms with Crippen LogP contribution >= 0.6 is 0 Å². The van der Waals surface area contributed by atoms with E-state index in [1.165, 1.54) is 18.2 Å². The number of hydrogen-bond acceptors (Lipinski definition) is 6. The molecule has 1 atom stereocenters. The number of esters is 1. The molecule has 1 heterocycles. The van der Waals surface area contributed by atoms with Crippen molar-refractivity contribution in [2.45, 2.75) is 19.8 Å². The lowest BCUT2D eigenvalue weighted by atomic mass is 10.0. The minimum Gasteiger partial charge on any atom is -0.452 e. The average Bonchev–Trinajstić information content (AvgIpc) is 2.58. The third-order valence-electron chi connectivity index (χ3n) is 4.23. The van der Waals surface area contributed by atoms with Crippen molar-refractivity contribution in [2.24, 2.45) is 5.92 Å². The van der Waals surface area contributed by atoms with Gasteiger partial charge in [0.1, 0.15) is 0 Å². The zero-order chi connectivity index (χ0) is 18.6. The van der Waals surface area contributed by atoms with Crippen LogP contribution in [0.5, 0.6) is 0 Å². The highest BCUT2D eigenvalue weighted by Crippen LogP contribution is 2.25. The fraction of sp³-hybridized carbons (Fsp3) is 0.529. The number of carbonyl (C=O) groups is 2. The highest BCUT2D eigenvalue weighted by Gasteiger charge is 2.24. The molecular weight excluding hydrogens is 326 g/mol. The quantitative estimate of drug-likeness (QED) is 0.459. The Morgan fingerprint density at radius 1 is 1.40 bits per heavy atom. The number of nitro benzene ring substituents is 1. The molecule has 0 radical (unpaired) electrons. The lowest BCUT2D eigenvalue weighted by Gasteiger charge is -2.30. The molecule has 1 fully saturated rings. The Morgan fingerprint density at radius 2 is 2.12 bits per heavy atom. The zero-order valence-electron chi connectivity index (χ0n) is 14.7. The van der Waals surface area contributed by atoms with E-state index in [0.717, 1.165) is 12.8 Å². The fourth-order valence-corrected chi connectivity index (χ4v) is 2.90. The number of hydrogen-bond donors (Lipinski definition) is 0. The van der Waals surface area contributed by atoms with E-state index >= 15 is 0 Å². The number of ether oxygens (including phenoxy) is 1. The normalized spacial score (nSPS) is 17.1. The van der Waals surface area contributed by atoms with Crippen molar-refractivity contribution >= 4 is 23.3 Å². The number of anilines is 1. The molecule has 0 unspecified atom stereocenters. The number of nitro groups is 1. The van der Waals surface area contributed by atoms with Crippen LogP contribution in [-0.4, -0.2) is 55.5 Å². The average molecular weight is 349 g/mol. The summed E-state index contributed by atoms with van der Waals surface area (Å²) >= 11 is 0. The Bertz CT molecular complexity index is 674. The highest BCUT2D eigenvalue weighted by molar-refractivity contribution is 5.97. The molecule has 136 valence electrons. The van der Waals surface area contributed by atoms with Gasteiger partial charge in [0.05, 0.1) is 16.2 Å². The smallest absolute Gasteiger partial charge is 0.341 e. The van der Waals surface area contributed by atoms with E-state index in [1.54, 1.807) is 23.9 Å². The number of nitrogens with zero attached hydrogens (tertiary/aromatic N) is 3. The van der Waals surface area contributed by atoms with E-state index in [0.29, 0.717) is 24.7 Å². The molecule has 1 aliphatic heterocycles. The second-order valence-electron chi connectivity index (χ2n) is 6.52. The minimum absolute atomic E-state index is 0.0685. The predicted octanol–water partition coefficient (Wildman–Crippen LogP) is 2.08. The van der Waals surface area contributed by atoms with Gasteiger partial charge in [0.25, 0.3) is 11.6 Å². The first kappa shape index (κ1) is 18.7. The van der Waals surface area contributed by atoms with Gasteiger partial charge < -0.3 is 14.5 Å². The molecule has 0 spiro atoms. The van der Waals surface area contributed by atoms with E-state index < -0.39 is 10.9 Å². The number of carbonyl (C=O) groups excluding carboxylic acids is 2. The van der Waals surface area contributed by atoms with Gasteiger partial charge in [-0.25, -0.2) is 4.79 Å². The topological polar surface area (TPSA) is 93.0 Å². The number of rotatable bonds is 5. The molecule has 8 nitrogen and oxygen atoms in total. The Balaban J connectivity index is 2.08. The van der Waals surface area contributed by atoms with Crippen LogP contribution in [0.1, 0.15) is 30.1 Å². The van der Waals surface area contributed by atoms with Crippen molar-refractivity contribution in [3.63, 3.8) is 0 Å². The van der Waals surface area contributed by atoms with Crippen LogP contribution in [0.2, 0.25) is 0 Å². The summed E-state index contributed by atoms with van der Waals surface area (Å²) < 4.78 is 5.12. The molecule has 1 aliphatic rings. The zero-order valence-corrected chi connectivity index (χ0v) is 14.7. The summed E-state index contributed by atoms with van der Waals surface area (Å²) in [6, 6.07) is 3.99. The third kappa shape index (κ3) is 4.68. The van der Waals surface area contributed by atoms with Gasteiger partial charge in [-0.05, 0) is 24.8 Å². The maximum Gasteiger partial charge on any atom is 0.341 e. The third-order valence-corrected chi connectivity index (χ3v) is 4.23. The minimum atomic E-state index is -0.745. The van der Waals surface area contributed by atoms with Crippen LogP contribution in [0.3, 0.4) is 0 Å². The molecule has 2 rings (SSSR count). The molecule has 0 saturated carbocycles. The first-order chi connectivity index (χ1) is 11.8. The first-order valence-electron chi connectivity index (χ1n) is 8.20. The van der Waals surface area contributed by atoms with E-state index in [2.05, 4.69) is 6.92 Å². The second-order valence-corrected chi connectivity index (χ2v) is 6.52. The van der Waals surface area contributed by atoms with Gasteiger partial charge in [-0.3, -0.25) is 14.9 Å². The summed E-state index contributed by atoms with van der Waals surface area (Å²) in [5.41, 5.74) is 0.363. The number of amides is 1. The van der Waals surface area contributed by atoms with Crippen molar-refractivity contribution in [1.82, 2.24) is 4.90 Å². The maximum atomic E-state index is 12.4. The molecule has 8 heteroatoms. The van der Waals surface area contributed by atoms with E-state index in [1.807, 2.05) is 0 Å². The standard InChI is InChI=1S/C17H23N3O5/c1-12-5-4-8-19(10-12)16(21)11-25-17(22)14-9-13(20(23)24)6-7-15(14)18(2)3/h6-7,9,12H,4-5,8,10-11H2,1-3H3/t12-/m0/s1. The summed E-state index contributed by atoms with van der Waals surface area (Å²) in [6.07, 6.45) is 2.03. The molecule has 1 aromatic carbocycles. The highest BCUT2D eigenvalue weighted by atomic mass is 16.6. The van der Waals surface area contributed by atoms with Gasteiger partial charge in [0.2, 0.25) is 0 Å². The van der Waals surface area contributed by atoms with E-state index in [9.17, 15) is 19.7 Å². The summed E-state index contributed by atoms with van der Waals surface area (Å²) in [6.45, 7) is 3.05. The number of benzene rings is 1. The summed E-state index contributed by atoms with van der Waals surface area (Å²) in [5.74, 6) is -0.548. The molecular formula is C17H23N3O5. The fourth-order valence-electron chi connectivity index (χ4n) is 2.90.